The quantitative estimate of drug-likeness (QED) is 0.199. The van der Waals surface area contributed by atoms with Gasteiger partial charge in [-0.05, 0) is 68.8 Å². The molecule has 324 valence electrons. The third-order valence-electron chi connectivity index (χ3n) is 13.1. The first-order chi connectivity index (χ1) is 29.2. The standard InChI is InChI=1S/C48H57N3O9S/c1-47(2)21-13-12-16-32-22-37-39(26-42(32)58-3)49-38(31-14-9-7-10-15-31)25-43(37)60-35-24-40-41(52)28-48(46(55)50-61(56,57)36-19-20-36)27-34(48)18-11-6-4-5-8-17-33(23-44(53)59-30-47)45(54)51(40)29-35/h7,9-12,14-16,18,22,25-26,33-36,40H,4-6,8,13,17,19-21,23-24,27-30H2,1-3H3,(H,50,55)/b16-12+,18-11-/t33-,34+,35-,40+,48-/m1/s1. The highest BCUT2D eigenvalue weighted by Crippen LogP contribution is 2.57. The lowest BCUT2D eigenvalue weighted by atomic mass is 9.88. The van der Waals surface area contributed by atoms with Crippen molar-refractivity contribution in [2.24, 2.45) is 22.7 Å². The van der Waals surface area contributed by atoms with Crippen molar-refractivity contribution in [2.75, 3.05) is 20.3 Å². The Morgan fingerprint density at radius 2 is 1.79 bits per heavy atom. The number of sulfonamides is 1. The Hall–Kier alpha value is -5.04. The number of allylic oxidation sites excluding steroid dienone is 3. The van der Waals surface area contributed by atoms with Crippen molar-refractivity contribution < 1.29 is 41.8 Å². The van der Waals surface area contributed by atoms with E-state index in [4.69, 9.17) is 19.2 Å². The minimum atomic E-state index is -3.86. The van der Waals surface area contributed by atoms with E-state index in [9.17, 15) is 27.6 Å². The normalized spacial score (nSPS) is 28.5. The number of ketones is 1. The number of rotatable bonds is 5. The minimum Gasteiger partial charge on any atom is -0.496 e. The van der Waals surface area contributed by atoms with Crippen LogP contribution in [0.1, 0.15) is 103 Å². The predicted molar refractivity (Wildman–Crippen MR) is 232 cm³/mol. The number of carbonyl (C=O) groups is 4. The largest absolute Gasteiger partial charge is 0.496 e. The summed E-state index contributed by atoms with van der Waals surface area (Å²) in [6, 6.07) is 14.6. The zero-order chi connectivity index (χ0) is 42.9. The van der Waals surface area contributed by atoms with E-state index in [2.05, 4.69) is 24.6 Å². The van der Waals surface area contributed by atoms with E-state index in [0.717, 1.165) is 48.6 Å². The number of esters is 1. The fourth-order valence-corrected chi connectivity index (χ4v) is 10.6. The Labute approximate surface area is 358 Å². The van der Waals surface area contributed by atoms with Crippen LogP contribution < -0.4 is 14.2 Å². The minimum absolute atomic E-state index is 0.0693. The molecule has 4 heterocycles. The number of ether oxygens (including phenoxy) is 3. The summed E-state index contributed by atoms with van der Waals surface area (Å²) in [6.45, 7) is 4.36. The molecule has 2 aliphatic carbocycles. The van der Waals surface area contributed by atoms with Gasteiger partial charge < -0.3 is 19.1 Å². The molecule has 5 atom stereocenters. The molecule has 3 aromatic rings. The molecule has 1 aromatic heterocycles. The summed E-state index contributed by atoms with van der Waals surface area (Å²) >= 11 is 0. The Morgan fingerprint density at radius 1 is 0.984 bits per heavy atom. The molecule has 3 fully saturated rings. The Balaban J connectivity index is 1.20. The summed E-state index contributed by atoms with van der Waals surface area (Å²) in [5, 5.41) is 0.134. The van der Waals surface area contributed by atoms with E-state index in [1.807, 2.05) is 66.8 Å². The third kappa shape index (κ3) is 9.56. The monoisotopic (exact) mass is 851 g/mol. The van der Waals surface area contributed by atoms with Gasteiger partial charge in [-0.1, -0.05) is 81.3 Å². The summed E-state index contributed by atoms with van der Waals surface area (Å²) in [6.07, 6.45) is 13.5. The number of aromatic nitrogens is 1. The van der Waals surface area contributed by atoms with Gasteiger partial charge in [0, 0.05) is 47.4 Å². The molecular weight excluding hydrogens is 795 g/mol. The summed E-state index contributed by atoms with van der Waals surface area (Å²) in [4.78, 5) is 63.8. The number of hydrogen-bond donors (Lipinski definition) is 1. The fraction of sp³-hybridized carbons (Fsp3) is 0.521. The van der Waals surface area contributed by atoms with Gasteiger partial charge in [0.1, 0.15) is 17.6 Å². The second-order valence-corrected chi connectivity index (χ2v) is 20.4. The van der Waals surface area contributed by atoms with Gasteiger partial charge in [0.2, 0.25) is 21.8 Å². The Kier molecular flexibility index (Phi) is 12.1. The molecule has 1 saturated heterocycles. The third-order valence-corrected chi connectivity index (χ3v) is 15.0. The first-order valence-corrected chi connectivity index (χ1v) is 23.4. The number of benzene rings is 2. The van der Waals surface area contributed by atoms with Crippen LogP contribution >= 0.6 is 0 Å². The summed E-state index contributed by atoms with van der Waals surface area (Å²) in [7, 11) is -2.24. The van der Waals surface area contributed by atoms with Crippen molar-refractivity contribution in [2.45, 2.75) is 115 Å². The molecule has 8 rings (SSSR count). The number of nitrogens with zero attached hydrogens (tertiary/aromatic N) is 2. The van der Waals surface area contributed by atoms with Gasteiger partial charge in [-0.15, -0.1) is 0 Å². The molecule has 1 N–H and O–H groups in total. The summed E-state index contributed by atoms with van der Waals surface area (Å²) in [5.74, 6) is -1.66. The maximum absolute atomic E-state index is 14.9. The SMILES string of the molecule is COc1cc2nc(-c3ccccc3)cc3c2cc1/C=C/CCC(C)(C)COC(=O)C[C@H]1CCCCC/C=C\[C@H]2C[C@@]2(C(=O)NS(=O)(=O)C2CC2)CC(=O)[C@@H]2C[C@H](CN2C1=O)O3. The van der Waals surface area contributed by atoms with Crippen LogP contribution in [0.2, 0.25) is 0 Å². The molecule has 5 bridgehead atoms. The van der Waals surface area contributed by atoms with E-state index >= 15 is 0 Å². The highest BCUT2D eigenvalue weighted by molar-refractivity contribution is 7.90. The predicted octanol–water partition coefficient (Wildman–Crippen LogP) is 7.74. The zero-order valence-electron chi connectivity index (χ0n) is 35.4. The lowest BCUT2D eigenvalue weighted by Gasteiger charge is -2.29. The van der Waals surface area contributed by atoms with Crippen LogP contribution in [0.5, 0.6) is 11.5 Å². The number of cyclic esters (lactones) is 1. The van der Waals surface area contributed by atoms with Crippen LogP contribution in [0.4, 0.5) is 0 Å². The first kappa shape index (κ1) is 42.6. The number of hydrogen-bond acceptors (Lipinski definition) is 10. The van der Waals surface area contributed by atoms with Crippen LogP contribution in [0.25, 0.3) is 28.2 Å². The van der Waals surface area contributed by atoms with Crippen LogP contribution in [-0.4, -0.2) is 79.5 Å². The second kappa shape index (κ2) is 17.4. The van der Waals surface area contributed by atoms with Crippen molar-refractivity contribution in [1.82, 2.24) is 14.6 Å². The van der Waals surface area contributed by atoms with E-state index in [1.165, 1.54) is 0 Å². The molecule has 2 saturated carbocycles. The molecule has 2 amide bonds. The maximum Gasteiger partial charge on any atom is 0.306 e. The van der Waals surface area contributed by atoms with E-state index in [-0.39, 0.29) is 55.4 Å². The number of Topliss-reactive ketones (excluding diaryl/α,β-unsaturated/α-hetero) is 1. The average molecular weight is 852 g/mol. The highest BCUT2D eigenvalue weighted by Gasteiger charge is 2.61. The van der Waals surface area contributed by atoms with Gasteiger partial charge in [0.15, 0.2) is 5.78 Å². The smallest absolute Gasteiger partial charge is 0.306 e. The van der Waals surface area contributed by atoms with Crippen molar-refractivity contribution >= 4 is 50.6 Å². The highest BCUT2D eigenvalue weighted by atomic mass is 32.2. The van der Waals surface area contributed by atoms with Gasteiger partial charge in [0.05, 0.1) is 54.6 Å². The molecule has 0 spiro atoms. The van der Waals surface area contributed by atoms with Crippen molar-refractivity contribution in [3.8, 4) is 22.8 Å². The molecule has 0 radical (unpaired) electrons. The average Bonchev–Trinajstić information content (AvgIpc) is 4.17. The van der Waals surface area contributed by atoms with Crippen molar-refractivity contribution in [1.29, 1.82) is 0 Å². The topological polar surface area (TPSA) is 158 Å². The van der Waals surface area contributed by atoms with Gasteiger partial charge in [-0.2, -0.15) is 0 Å². The molecule has 12 nitrogen and oxygen atoms in total. The molecule has 2 aromatic carbocycles. The first-order valence-electron chi connectivity index (χ1n) is 21.9. The van der Waals surface area contributed by atoms with E-state index in [0.29, 0.717) is 54.8 Å². The summed E-state index contributed by atoms with van der Waals surface area (Å²) in [5.41, 5.74) is 1.44. The van der Waals surface area contributed by atoms with E-state index < -0.39 is 50.6 Å². The number of pyridine rings is 1. The van der Waals surface area contributed by atoms with E-state index in [1.54, 1.807) is 12.0 Å². The number of carbonyl (C=O) groups excluding carboxylic acids is 4. The van der Waals surface area contributed by atoms with Crippen LogP contribution in [0.15, 0.2) is 66.8 Å². The lowest BCUT2D eigenvalue weighted by Crippen LogP contribution is -2.46. The zero-order valence-corrected chi connectivity index (χ0v) is 36.2. The lowest BCUT2D eigenvalue weighted by molar-refractivity contribution is -0.152. The van der Waals surface area contributed by atoms with Crippen LogP contribution in [-0.2, 0) is 33.9 Å². The number of fused-ring (bicyclic) bond motifs is 4. The van der Waals surface area contributed by atoms with Gasteiger partial charge in [-0.25, -0.2) is 13.4 Å². The van der Waals surface area contributed by atoms with Gasteiger partial charge in [-0.3, -0.25) is 23.9 Å². The van der Waals surface area contributed by atoms with Crippen LogP contribution in [0.3, 0.4) is 0 Å². The number of amides is 2. The second-order valence-electron chi connectivity index (χ2n) is 18.5. The Bertz CT molecular complexity index is 2360. The molecule has 61 heavy (non-hydrogen) atoms. The Morgan fingerprint density at radius 3 is 2.56 bits per heavy atom. The van der Waals surface area contributed by atoms with Crippen molar-refractivity contribution in [3.63, 3.8) is 0 Å². The summed E-state index contributed by atoms with van der Waals surface area (Å²) < 4.78 is 47.0. The molecule has 0 unspecified atom stereocenters. The van der Waals surface area contributed by atoms with Gasteiger partial charge in [0.25, 0.3) is 0 Å². The fourth-order valence-electron chi connectivity index (χ4n) is 9.19. The number of nitrogens with one attached hydrogen (secondary N) is 1. The molecular formula is C48H57N3O9S. The van der Waals surface area contributed by atoms with Crippen LogP contribution in [0, 0.1) is 22.7 Å². The molecule has 5 aliphatic rings. The molecule has 3 aliphatic heterocycles. The van der Waals surface area contributed by atoms with Gasteiger partial charge >= 0.3 is 5.97 Å². The number of methoxy groups -OCH3 is 1. The maximum atomic E-state index is 14.9. The molecule has 13 heteroatoms. The van der Waals surface area contributed by atoms with Crippen molar-refractivity contribution in [3.05, 3.63) is 72.3 Å².